The molecule has 3 aliphatic heterocycles. The fourth-order valence-electron chi connectivity index (χ4n) is 5.39. The largest absolute Gasteiger partial charge is 0.481 e. The van der Waals surface area contributed by atoms with Crippen LogP contribution >= 0.6 is 11.8 Å². The second kappa shape index (κ2) is 8.68. The van der Waals surface area contributed by atoms with Crippen molar-refractivity contribution >= 4 is 29.5 Å². The summed E-state index contributed by atoms with van der Waals surface area (Å²) < 4.78 is -0.713. The second-order valence-corrected chi connectivity index (χ2v) is 10.1. The SMILES string of the molecule is C=CCN(CCCCC)C(=O)C1N([C@H](C)CO)C(=O)[C@@H]2[C@H](C(=O)O)[C@@H]3CCC12S3. The van der Waals surface area contributed by atoms with Crippen LogP contribution in [0.25, 0.3) is 0 Å². The molecule has 29 heavy (non-hydrogen) atoms. The van der Waals surface area contributed by atoms with Crippen molar-refractivity contribution in [1.82, 2.24) is 9.80 Å². The molecule has 3 heterocycles. The van der Waals surface area contributed by atoms with Gasteiger partial charge in [-0.3, -0.25) is 14.4 Å². The van der Waals surface area contributed by atoms with Gasteiger partial charge < -0.3 is 20.0 Å². The number of carboxylic acids is 1. The Labute approximate surface area is 176 Å². The van der Waals surface area contributed by atoms with Crippen LogP contribution in [0.5, 0.6) is 0 Å². The molecule has 1 spiro atoms. The average Bonchev–Trinajstić information content (AvgIpc) is 3.33. The molecule has 7 nitrogen and oxygen atoms in total. The number of rotatable bonds is 10. The summed E-state index contributed by atoms with van der Waals surface area (Å²) in [5.74, 6) is -2.86. The van der Waals surface area contributed by atoms with Gasteiger partial charge >= 0.3 is 5.97 Å². The third-order valence-electron chi connectivity index (χ3n) is 6.69. The highest BCUT2D eigenvalue weighted by Gasteiger charge is 2.74. The summed E-state index contributed by atoms with van der Waals surface area (Å²) in [6.45, 7) is 8.31. The van der Waals surface area contributed by atoms with Gasteiger partial charge in [-0.1, -0.05) is 25.8 Å². The Balaban J connectivity index is 1.99. The molecule has 3 fully saturated rings. The molecule has 3 saturated heterocycles. The predicted molar refractivity (Wildman–Crippen MR) is 111 cm³/mol. The summed E-state index contributed by atoms with van der Waals surface area (Å²) in [4.78, 5) is 42.3. The van der Waals surface area contributed by atoms with Crippen LogP contribution in [-0.2, 0) is 14.4 Å². The lowest BCUT2D eigenvalue weighted by Crippen LogP contribution is -2.57. The summed E-state index contributed by atoms with van der Waals surface area (Å²) in [6.07, 6.45) is 5.96. The van der Waals surface area contributed by atoms with Gasteiger partial charge in [0.25, 0.3) is 0 Å². The van der Waals surface area contributed by atoms with E-state index < -0.39 is 34.6 Å². The van der Waals surface area contributed by atoms with Crippen LogP contribution in [0, 0.1) is 11.8 Å². The monoisotopic (exact) mass is 424 g/mol. The molecular formula is C21H32N2O5S. The Hall–Kier alpha value is -1.54. The summed E-state index contributed by atoms with van der Waals surface area (Å²) in [6, 6.07) is -1.27. The first-order valence-electron chi connectivity index (χ1n) is 10.6. The molecule has 0 aliphatic carbocycles. The number of amides is 2. The number of unbranched alkanes of at least 4 members (excludes halogenated alkanes) is 2. The van der Waals surface area contributed by atoms with E-state index in [4.69, 9.17) is 0 Å². The van der Waals surface area contributed by atoms with E-state index in [0.29, 0.717) is 25.9 Å². The van der Waals surface area contributed by atoms with E-state index in [1.807, 2.05) is 0 Å². The molecule has 0 aromatic carbocycles. The van der Waals surface area contributed by atoms with E-state index >= 15 is 0 Å². The van der Waals surface area contributed by atoms with Crippen molar-refractivity contribution in [2.75, 3.05) is 19.7 Å². The number of fused-ring (bicyclic) bond motifs is 1. The lowest BCUT2D eigenvalue weighted by Gasteiger charge is -2.38. The lowest BCUT2D eigenvalue weighted by atomic mass is 9.71. The molecule has 2 amide bonds. The van der Waals surface area contributed by atoms with Crippen molar-refractivity contribution in [3.63, 3.8) is 0 Å². The van der Waals surface area contributed by atoms with Gasteiger partial charge in [-0.05, 0) is 26.2 Å². The quantitative estimate of drug-likeness (QED) is 0.410. The van der Waals surface area contributed by atoms with Crippen molar-refractivity contribution in [2.45, 2.75) is 68.0 Å². The number of aliphatic carboxylic acids is 1. The van der Waals surface area contributed by atoms with Crippen LogP contribution in [0.4, 0.5) is 0 Å². The number of carbonyl (C=O) groups is 3. The standard InChI is InChI=1S/C21H32N2O5S/c1-4-6-7-11-22(10-5-2)19(26)17-21-9-8-14(29-21)15(20(27)28)16(21)18(25)23(17)13(3)12-24/h5,13-17,24H,2,4,6-12H2,1,3H3,(H,27,28)/t13-,14+,15-,16+,17?,21?/m1/s1. The van der Waals surface area contributed by atoms with Crippen LogP contribution in [0.1, 0.15) is 46.0 Å². The summed E-state index contributed by atoms with van der Waals surface area (Å²) >= 11 is 1.52. The van der Waals surface area contributed by atoms with Gasteiger partial charge in [0.05, 0.1) is 29.2 Å². The maximum Gasteiger partial charge on any atom is 0.308 e. The summed E-state index contributed by atoms with van der Waals surface area (Å²) in [5, 5.41) is 19.4. The Morgan fingerprint density at radius 3 is 2.76 bits per heavy atom. The van der Waals surface area contributed by atoms with Crippen molar-refractivity contribution in [1.29, 1.82) is 0 Å². The Bertz CT molecular complexity index is 686. The predicted octanol–water partition coefficient (Wildman–Crippen LogP) is 1.75. The Kier molecular flexibility index (Phi) is 6.63. The minimum Gasteiger partial charge on any atom is -0.481 e. The molecule has 2 unspecified atom stereocenters. The number of carbonyl (C=O) groups excluding carboxylic acids is 2. The average molecular weight is 425 g/mol. The molecule has 0 aromatic rings. The number of aliphatic hydroxyl groups is 1. The zero-order valence-corrected chi connectivity index (χ0v) is 18.1. The zero-order valence-electron chi connectivity index (χ0n) is 17.2. The first kappa shape index (κ1) is 22.2. The van der Waals surface area contributed by atoms with E-state index in [1.165, 1.54) is 16.7 Å². The molecule has 3 aliphatic rings. The highest BCUT2D eigenvalue weighted by atomic mass is 32.2. The number of nitrogens with zero attached hydrogens (tertiary/aromatic N) is 2. The highest BCUT2D eigenvalue weighted by Crippen LogP contribution is 2.66. The van der Waals surface area contributed by atoms with Gasteiger partial charge in [0, 0.05) is 18.3 Å². The summed E-state index contributed by atoms with van der Waals surface area (Å²) in [5.41, 5.74) is 0. The third-order valence-corrected chi connectivity index (χ3v) is 8.64. The van der Waals surface area contributed by atoms with E-state index in [-0.39, 0.29) is 23.7 Å². The van der Waals surface area contributed by atoms with Crippen molar-refractivity contribution < 1.29 is 24.6 Å². The van der Waals surface area contributed by atoms with Crippen molar-refractivity contribution in [3.05, 3.63) is 12.7 Å². The molecule has 3 rings (SSSR count). The molecule has 6 atom stereocenters. The smallest absolute Gasteiger partial charge is 0.308 e. The molecule has 162 valence electrons. The van der Waals surface area contributed by atoms with Gasteiger partial charge in [0.1, 0.15) is 6.04 Å². The first-order valence-corrected chi connectivity index (χ1v) is 11.4. The molecule has 0 saturated carbocycles. The number of hydrogen-bond donors (Lipinski definition) is 2. The number of carboxylic acid groups (broad SMARTS) is 1. The number of aliphatic hydroxyl groups excluding tert-OH is 1. The van der Waals surface area contributed by atoms with Crippen molar-refractivity contribution in [3.8, 4) is 0 Å². The topological polar surface area (TPSA) is 98.2 Å². The number of hydrogen-bond acceptors (Lipinski definition) is 5. The fourth-order valence-corrected chi connectivity index (χ4v) is 7.58. The van der Waals surface area contributed by atoms with Gasteiger partial charge in [0.15, 0.2) is 0 Å². The highest BCUT2D eigenvalue weighted by molar-refractivity contribution is 8.02. The van der Waals surface area contributed by atoms with E-state index in [2.05, 4.69) is 13.5 Å². The first-order chi connectivity index (χ1) is 13.8. The van der Waals surface area contributed by atoms with Crippen molar-refractivity contribution in [2.24, 2.45) is 11.8 Å². The normalized spacial score (nSPS) is 33.6. The number of thioether (sulfide) groups is 1. The Morgan fingerprint density at radius 1 is 1.45 bits per heavy atom. The lowest BCUT2D eigenvalue weighted by molar-refractivity contribution is -0.149. The van der Waals surface area contributed by atoms with Crippen LogP contribution in [0.3, 0.4) is 0 Å². The Morgan fingerprint density at radius 2 is 2.17 bits per heavy atom. The van der Waals surface area contributed by atoms with E-state index in [9.17, 15) is 24.6 Å². The molecule has 2 bridgehead atoms. The van der Waals surface area contributed by atoms with Gasteiger partial charge in [0.2, 0.25) is 11.8 Å². The van der Waals surface area contributed by atoms with E-state index in [1.54, 1.807) is 17.9 Å². The molecule has 8 heteroatoms. The van der Waals surface area contributed by atoms with Crippen LogP contribution in [0.15, 0.2) is 12.7 Å². The van der Waals surface area contributed by atoms with Gasteiger partial charge in [-0.15, -0.1) is 18.3 Å². The molecule has 0 aromatic heterocycles. The molecule has 2 N–H and O–H groups in total. The summed E-state index contributed by atoms with van der Waals surface area (Å²) in [7, 11) is 0. The van der Waals surface area contributed by atoms with Gasteiger partial charge in [-0.2, -0.15) is 0 Å². The maximum absolute atomic E-state index is 13.7. The molecular weight excluding hydrogens is 392 g/mol. The van der Waals surface area contributed by atoms with Crippen LogP contribution in [-0.4, -0.2) is 79.6 Å². The van der Waals surface area contributed by atoms with E-state index in [0.717, 1.165) is 19.3 Å². The fraction of sp³-hybridized carbons (Fsp3) is 0.762. The molecule has 0 radical (unpaired) electrons. The van der Waals surface area contributed by atoms with Crippen LogP contribution in [0.2, 0.25) is 0 Å². The second-order valence-electron chi connectivity index (χ2n) is 8.45. The van der Waals surface area contributed by atoms with Crippen LogP contribution < -0.4 is 0 Å². The minimum atomic E-state index is -0.960. The minimum absolute atomic E-state index is 0.128. The van der Waals surface area contributed by atoms with Gasteiger partial charge in [-0.25, -0.2) is 0 Å². The maximum atomic E-state index is 13.7. The number of likely N-dealkylation sites (tertiary alicyclic amines) is 1. The third kappa shape index (κ3) is 3.48. The zero-order chi connectivity index (χ0) is 21.3.